The van der Waals surface area contributed by atoms with Crippen molar-refractivity contribution in [1.29, 1.82) is 0 Å². The molecule has 1 aliphatic heterocycles. The molecular weight excluding hydrogens is 576 g/mol. The van der Waals surface area contributed by atoms with E-state index in [9.17, 15) is 14.4 Å². The van der Waals surface area contributed by atoms with Crippen molar-refractivity contribution >= 4 is 65.7 Å². The molecule has 0 spiro atoms. The van der Waals surface area contributed by atoms with Crippen molar-refractivity contribution in [2.24, 2.45) is 16.0 Å². The summed E-state index contributed by atoms with van der Waals surface area (Å²) in [5.41, 5.74) is 3.76. The lowest BCUT2D eigenvalue weighted by Gasteiger charge is -2.16. The van der Waals surface area contributed by atoms with Crippen molar-refractivity contribution in [3.63, 3.8) is 0 Å². The van der Waals surface area contributed by atoms with Crippen molar-refractivity contribution in [2.45, 2.75) is 18.9 Å². The van der Waals surface area contributed by atoms with Crippen molar-refractivity contribution < 1.29 is 19.1 Å². The van der Waals surface area contributed by atoms with Crippen LogP contribution in [0.4, 0.5) is 21.9 Å². The first-order valence-corrected chi connectivity index (χ1v) is 13.5. The number of hydrogen-bond donors (Lipinski definition) is 6. The van der Waals surface area contributed by atoms with E-state index in [0.717, 1.165) is 11.3 Å². The Morgan fingerprint density at radius 2 is 2.05 bits per heavy atom. The third kappa shape index (κ3) is 8.40. The van der Waals surface area contributed by atoms with Gasteiger partial charge < -0.3 is 25.7 Å². The summed E-state index contributed by atoms with van der Waals surface area (Å²) in [5, 5.41) is 20.4. The molecule has 43 heavy (non-hydrogen) atoms. The number of rotatable bonds is 7. The fourth-order valence-corrected chi connectivity index (χ4v) is 4.45. The first kappa shape index (κ1) is 30.7. The quantitative estimate of drug-likeness (QED) is 0.0774. The van der Waals surface area contributed by atoms with Crippen LogP contribution in [0.5, 0.6) is 0 Å². The van der Waals surface area contributed by atoms with E-state index in [1.807, 2.05) is 6.07 Å². The molecule has 0 aliphatic carbocycles. The smallest absolute Gasteiger partial charge is 0.411 e. The maximum atomic E-state index is 13.1. The van der Waals surface area contributed by atoms with Gasteiger partial charge in [-0.15, -0.1) is 5.10 Å². The van der Waals surface area contributed by atoms with E-state index < -0.39 is 18.0 Å². The number of halogens is 1. The molecule has 7 N–H and O–H groups in total. The predicted molar refractivity (Wildman–Crippen MR) is 167 cm³/mol. The number of carbonyl (C=O) groups excluding carboxylic acids is 3. The van der Waals surface area contributed by atoms with Crippen molar-refractivity contribution in [3.8, 4) is 11.3 Å². The number of H-pyrrole nitrogens is 1. The van der Waals surface area contributed by atoms with E-state index >= 15 is 0 Å². The number of anilines is 3. The number of hydrazine groups is 1. The van der Waals surface area contributed by atoms with Crippen LogP contribution in [0.25, 0.3) is 17.3 Å². The van der Waals surface area contributed by atoms with Crippen molar-refractivity contribution in [2.75, 3.05) is 35.8 Å². The summed E-state index contributed by atoms with van der Waals surface area (Å²) in [4.78, 5) is 45.2. The Hall–Kier alpha value is -5.21. The molecule has 2 bridgehead atoms. The molecule has 1 aliphatic rings. The fraction of sp³-hybridized carbons (Fsp3) is 0.214. The van der Waals surface area contributed by atoms with E-state index in [-0.39, 0.29) is 12.3 Å². The SMILES string of the molecule is C=N/N=C\N(N)c1ccc(Cl)cc1/C=C/C(=O)N[C@H]1CC(=O)NCCCNc2cc(NC(=O)OC)ccc2-c2cnc1[nH]2. The molecule has 0 unspecified atom stereocenters. The second kappa shape index (κ2) is 14.6. The topological polar surface area (TPSA) is 191 Å². The zero-order chi connectivity index (χ0) is 30.8. The van der Waals surface area contributed by atoms with Gasteiger partial charge in [0.15, 0.2) is 0 Å². The second-order valence-corrected chi connectivity index (χ2v) is 9.71. The Labute approximate surface area is 252 Å². The summed E-state index contributed by atoms with van der Waals surface area (Å²) >= 11 is 6.17. The second-order valence-electron chi connectivity index (χ2n) is 9.27. The highest BCUT2D eigenvalue weighted by Gasteiger charge is 2.22. The molecule has 0 fully saturated rings. The third-order valence-corrected chi connectivity index (χ3v) is 6.54. The number of nitrogens with one attached hydrogen (secondary N) is 5. The number of aromatic nitrogens is 2. The number of nitrogens with zero attached hydrogens (tertiary/aromatic N) is 4. The van der Waals surface area contributed by atoms with Gasteiger partial charge in [-0.05, 0) is 48.9 Å². The highest BCUT2D eigenvalue weighted by molar-refractivity contribution is 6.30. The van der Waals surface area contributed by atoms with Gasteiger partial charge in [0.1, 0.15) is 12.2 Å². The maximum absolute atomic E-state index is 13.1. The number of amides is 3. The molecule has 2 heterocycles. The summed E-state index contributed by atoms with van der Waals surface area (Å²) in [5.74, 6) is 5.69. The summed E-state index contributed by atoms with van der Waals surface area (Å²) in [6.45, 7) is 4.26. The van der Waals surface area contributed by atoms with E-state index in [1.165, 1.54) is 24.5 Å². The number of fused-ring (bicyclic) bond motifs is 4. The summed E-state index contributed by atoms with van der Waals surface area (Å²) in [6, 6.07) is 9.52. The number of aromatic amines is 1. The molecule has 0 saturated heterocycles. The average Bonchev–Trinajstić information content (AvgIpc) is 3.48. The van der Waals surface area contributed by atoms with Gasteiger partial charge in [0.25, 0.3) is 0 Å². The number of nitrogens with two attached hydrogens (primary N) is 1. The Morgan fingerprint density at radius 1 is 1.23 bits per heavy atom. The van der Waals surface area contributed by atoms with Crippen LogP contribution in [0.3, 0.4) is 0 Å². The Kier molecular flexibility index (Phi) is 10.4. The fourth-order valence-electron chi connectivity index (χ4n) is 4.27. The number of hydrogen-bond acceptors (Lipinski definition) is 9. The number of methoxy groups -OCH3 is 1. The summed E-state index contributed by atoms with van der Waals surface area (Å²) in [7, 11) is 1.29. The molecule has 224 valence electrons. The Balaban J connectivity index is 1.59. The minimum absolute atomic E-state index is 0.0428. The van der Waals surface area contributed by atoms with Gasteiger partial charge in [-0.3, -0.25) is 19.9 Å². The van der Waals surface area contributed by atoms with Gasteiger partial charge in [0.2, 0.25) is 11.8 Å². The lowest BCUT2D eigenvalue weighted by Crippen LogP contribution is -2.34. The molecule has 14 nitrogen and oxygen atoms in total. The monoisotopic (exact) mass is 606 g/mol. The molecule has 3 aromatic rings. The lowest BCUT2D eigenvalue weighted by atomic mass is 10.1. The predicted octanol–water partition coefficient (Wildman–Crippen LogP) is 3.43. The highest BCUT2D eigenvalue weighted by atomic mass is 35.5. The largest absolute Gasteiger partial charge is 0.453 e. The van der Waals surface area contributed by atoms with Gasteiger partial charge in [-0.25, -0.2) is 15.6 Å². The number of carbonyl (C=O) groups is 3. The maximum Gasteiger partial charge on any atom is 0.411 e. The molecule has 4 rings (SSSR count). The molecule has 0 radical (unpaired) electrons. The van der Waals surface area contributed by atoms with Gasteiger partial charge >= 0.3 is 6.09 Å². The summed E-state index contributed by atoms with van der Waals surface area (Å²) in [6.07, 6.45) is 5.74. The van der Waals surface area contributed by atoms with Crippen molar-refractivity contribution in [1.82, 2.24) is 20.6 Å². The van der Waals surface area contributed by atoms with Gasteiger partial charge in [-0.1, -0.05) is 11.6 Å². The molecule has 0 saturated carbocycles. The van der Waals surface area contributed by atoms with E-state index in [0.29, 0.717) is 53.0 Å². The number of benzene rings is 2. The molecule has 15 heteroatoms. The molecular formula is C28H31ClN10O4. The third-order valence-electron chi connectivity index (χ3n) is 6.30. The molecule has 2 aromatic carbocycles. The standard InChI is InChI=1S/C28H31ClN10O4/c1-31-35-16-39(30)24-8-5-18(29)12-17(24)4-9-25(40)37-22-14-26(41)33-11-3-10-32-21-13-19(36-28(42)43-2)6-7-20(21)23-15-34-27(22)38-23/h4-9,12-13,15-16,22,32H,1,3,10-11,14,30H2,2H3,(H,33,41)(H,34,38)(H,36,42)(H,37,40)/b9-4+,35-16-/t22-/m0/s1. The van der Waals surface area contributed by atoms with Crippen LogP contribution in [0.2, 0.25) is 5.02 Å². The van der Waals surface area contributed by atoms with Crippen molar-refractivity contribution in [3.05, 3.63) is 65.1 Å². The number of ether oxygens (including phenoxy) is 1. The van der Waals surface area contributed by atoms with E-state index in [1.54, 1.807) is 42.6 Å². The van der Waals surface area contributed by atoms with Crippen LogP contribution in [0.15, 0.2) is 58.9 Å². The van der Waals surface area contributed by atoms with Crippen LogP contribution >= 0.6 is 11.6 Å². The van der Waals surface area contributed by atoms with E-state index in [4.69, 9.17) is 17.4 Å². The first-order valence-electron chi connectivity index (χ1n) is 13.1. The van der Waals surface area contributed by atoms with Gasteiger partial charge in [-0.2, -0.15) is 5.10 Å². The van der Waals surface area contributed by atoms with Crippen LogP contribution in [0, 0.1) is 0 Å². The summed E-state index contributed by atoms with van der Waals surface area (Å²) < 4.78 is 4.69. The zero-order valence-corrected chi connectivity index (χ0v) is 24.0. The number of imidazole rings is 1. The van der Waals surface area contributed by atoms with Gasteiger partial charge in [0.05, 0.1) is 37.2 Å². The van der Waals surface area contributed by atoms with Crippen LogP contribution in [0.1, 0.15) is 30.3 Å². The Bertz CT molecular complexity index is 1550. The minimum atomic E-state index is -0.765. The average molecular weight is 607 g/mol. The van der Waals surface area contributed by atoms with Crippen LogP contribution in [-0.2, 0) is 14.3 Å². The van der Waals surface area contributed by atoms with Crippen LogP contribution in [-0.4, -0.2) is 61.1 Å². The van der Waals surface area contributed by atoms with Gasteiger partial charge in [0, 0.05) is 53.4 Å². The Morgan fingerprint density at radius 3 is 2.84 bits per heavy atom. The van der Waals surface area contributed by atoms with E-state index in [2.05, 4.69) is 52.9 Å². The molecule has 3 amide bonds. The lowest BCUT2D eigenvalue weighted by molar-refractivity contribution is -0.122. The normalized spacial score (nSPS) is 15.2. The zero-order valence-electron chi connectivity index (χ0n) is 23.3. The molecule has 1 atom stereocenters. The minimum Gasteiger partial charge on any atom is -0.453 e. The highest BCUT2D eigenvalue weighted by Crippen LogP contribution is 2.31. The molecule has 1 aromatic heterocycles. The van der Waals surface area contributed by atoms with Crippen LogP contribution < -0.4 is 32.1 Å². The first-order chi connectivity index (χ1) is 20.8.